The highest BCUT2D eigenvalue weighted by Gasteiger charge is 2.29. The predicted octanol–water partition coefficient (Wildman–Crippen LogP) is 2.14. The van der Waals surface area contributed by atoms with Gasteiger partial charge in [-0.1, -0.05) is 13.0 Å². The summed E-state index contributed by atoms with van der Waals surface area (Å²) in [5, 5.41) is -0.323. The smallest absolute Gasteiger partial charge is 0.246 e. The Kier molecular flexibility index (Phi) is 6.47. The molecule has 0 spiro atoms. The molecule has 1 aliphatic rings. The van der Waals surface area contributed by atoms with Crippen LogP contribution in [0.15, 0.2) is 24.3 Å². The zero-order valence-electron chi connectivity index (χ0n) is 14.9. The van der Waals surface area contributed by atoms with Gasteiger partial charge in [0.15, 0.2) is 21.3 Å². The molecule has 0 bridgehead atoms. The Morgan fingerprint density at radius 2 is 1.84 bits per heavy atom. The van der Waals surface area contributed by atoms with Crippen molar-refractivity contribution in [1.29, 1.82) is 0 Å². The first kappa shape index (κ1) is 19.3. The standard InChI is InChI=1S/C18H25NO5S/c1-4-25(21,22)15-9-11-19(12-10-15)18(20)8-6-14-5-7-16(23-2)17(13-14)24-3/h5-8,13,15H,4,9-12H2,1-3H3/b8-6+. The molecule has 1 saturated heterocycles. The van der Waals surface area contributed by atoms with Crippen molar-refractivity contribution in [3.05, 3.63) is 29.8 Å². The summed E-state index contributed by atoms with van der Waals surface area (Å²) in [6.45, 7) is 2.61. The third kappa shape index (κ3) is 4.75. The van der Waals surface area contributed by atoms with Gasteiger partial charge < -0.3 is 14.4 Å². The van der Waals surface area contributed by atoms with Crippen molar-refractivity contribution in [3.8, 4) is 11.5 Å². The van der Waals surface area contributed by atoms with Crippen molar-refractivity contribution in [2.24, 2.45) is 0 Å². The molecule has 1 amide bonds. The summed E-state index contributed by atoms with van der Waals surface area (Å²) in [6, 6.07) is 5.41. The molecule has 0 N–H and O–H groups in total. The Morgan fingerprint density at radius 3 is 2.40 bits per heavy atom. The zero-order chi connectivity index (χ0) is 18.4. The normalized spacial score (nSPS) is 16.2. The number of likely N-dealkylation sites (tertiary alicyclic amines) is 1. The van der Waals surface area contributed by atoms with Crippen LogP contribution in [0.2, 0.25) is 0 Å². The summed E-state index contributed by atoms with van der Waals surface area (Å²) < 4.78 is 34.3. The summed E-state index contributed by atoms with van der Waals surface area (Å²) in [7, 11) is 0.108. The molecule has 0 atom stereocenters. The van der Waals surface area contributed by atoms with Gasteiger partial charge in [0, 0.05) is 24.9 Å². The number of carbonyl (C=O) groups is 1. The van der Waals surface area contributed by atoms with E-state index in [4.69, 9.17) is 9.47 Å². The van der Waals surface area contributed by atoms with E-state index in [9.17, 15) is 13.2 Å². The first-order valence-electron chi connectivity index (χ1n) is 8.31. The fraction of sp³-hybridized carbons (Fsp3) is 0.500. The maximum Gasteiger partial charge on any atom is 0.246 e. The highest BCUT2D eigenvalue weighted by molar-refractivity contribution is 7.92. The van der Waals surface area contributed by atoms with Crippen molar-refractivity contribution >= 4 is 21.8 Å². The Morgan fingerprint density at radius 1 is 1.20 bits per heavy atom. The molecule has 0 unspecified atom stereocenters. The number of hydrogen-bond donors (Lipinski definition) is 0. The Bertz CT molecular complexity index is 734. The fourth-order valence-corrected chi connectivity index (χ4v) is 4.30. The molecule has 1 heterocycles. The van der Waals surface area contributed by atoms with Crippen molar-refractivity contribution in [1.82, 2.24) is 4.90 Å². The van der Waals surface area contributed by atoms with Crippen LogP contribution in [0.1, 0.15) is 25.3 Å². The summed E-state index contributed by atoms with van der Waals surface area (Å²) in [5.74, 6) is 1.28. The van der Waals surface area contributed by atoms with E-state index in [0.717, 1.165) is 5.56 Å². The van der Waals surface area contributed by atoms with Gasteiger partial charge in [0.05, 0.1) is 19.5 Å². The van der Waals surface area contributed by atoms with E-state index >= 15 is 0 Å². The maximum absolute atomic E-state index is 12.3. The number of ether oxygens (including phenoxy) is 2. The number of nitrogens with zero attached hydrogens (tertiary/aromatic N) is 1. The van der Waals surface area contributed by atoms with Crippen LogP contribution in [0, 0.1) is 0 Å². The number of benzene rings is 1. The van der Waals surface area contributed by atoms with Gasteiger partial charge in [-0.15, -0.1) is 0 Å². The van der Waals surface area contributed by atoms with Gasteiger partial charge >= 0.3 is 0 Å². The molecule has 0 aliphatic carbocycles. The molecule has 1 fully saturated rings. The third-order valence-corrected chi connectivity index (χ3v) is 6.78. The largest absolute Gasteiger partial charge is 0.493 e. The van der Waals surface area contributed by atoms with Crippen LogP contribution in [0.25, 0.3) is 6.08 Å². The number of amides is 1. The molecule has 1 aromatic rings. The molecule has 0 aromatic heterocycles. The second kappa shape index (κ2) is 8.38. The summed E-state index contributed by atoms with van der Waals surface area (Å²) in [5.41, 5.74) is 0.828. The number of methoxy groups -OCH3 is 2. The van der Waals surface area contributed by atoms with Crippen molar-refractivity contribution in [3.63, 3.8) is 0 Å². The summed E-state index contributed by atoms with van der Waals surface area (Å²) in [6.07, 6.45) is 4.24. The highest BCUT2D eigenvalue weighted by Crippen LogP contribution is 2.28. The first-order chi connectivity index (χ1) is 11.9. The maximum atomic E-state index is 12.3. The topological polar surface area (TPSA) is 72.9 Å². The Balaban J connectivity index is 1.98. The molecule has 0 radical (unpaired) electrons. The van der Waals surface area contributed by atoms with Gasteiger partial charge in [-0.2, -0.15) is 0 Å². The average molecular weight is 367 g/mol. The molecule has 1 aromatic carbocycles. The van der Waals surface area contributed by atoms with Crippen molar-refractivity contribution in [2.75, 3.05) is 33.1 Å². The van der Waals surface area contributed by atoms with Gasteiger partial charge in [0.2, 0.25) is 5.91 Å². The molecule has 6 nitrogen and oxygen atoms in total. The quantitative estimate of drug-likeness (QED) is 0.720. The number of rotatable bonds is 6. The summed E-state index contributed by atoms with van der Waals surface area (Å²) >= 11 is 0. The van der Waals surface area contributed by atoms with Crippen LogP contribution in [-0.2, 0) is 14.6 Å². The van der Waals surface area contributed by atoms with Crippen LogP contribution < -0.4 is 9.47 Å². The van der Waals surface area contributed by atoms with Crippen LogP contribution in [0.5, 0.6) is 11.5 Å². The van der Waals surface area contributed by atoms with Crippen LogP contribution in [0.4, 0.5) is 0 Å². The van der Waals surface area contributed by atoms with Gasteiger partial charge in [0.1, 0.15) is 0 Å². The van der Waals surface area contributed by atoms with Gasteiger partial charge in [-0.3, -0.25) is 4.79 Å². The summed E-state index contributed by atoms with van der Waals surface area (Å²) in [4.78, 5) is 14.0. The highest BCUT2D eigenvalue weighted by atomic mass is 32.2. The minimum absolute atomic E-state index is 0.109. The lowest BCUT2D eigenvalue weighted by molar-refractivity contribution is -0.126. The number of hydrogen-bond acceptors (Lipinski definition) is 5. The van der Waals surface area contributed by atoms with Crippen LogP contribution in [0.3, 0.4) is 0 Å². The predicted molar refractivity (Wildman–Crippen MR) is 97.6 cm³/mol. The van der Waals surface area contributed by atoms with Gasteiger partial charge in [-0.25, -0.2) is 8.42 Å². The molecular weight excluding hydrogens is 342 g/mol. The van der Waals surface area contributed by atoms with Crippen molar-refractivity contribution in [2.45, 2.75) is 25.0 Å². The molecular formula is C18H25NO5S. The SMILES string of the molecule is CCS(=O)(=O)C1CCN(C(=O)/C=C/c2ccc(OC)c(OC)c2)CC1. The van der Waals surface area contributed by atoms with E-state index < -0.39 is 9.84 Å². The van der Waals surface area contributed by atoms with Crippen LogP contribution >= 0.6 is 0 Å². The van der Waals surface area contributed by atoms with Gasteiger partial charge in [0.25, 0.3) is 0 Å². The third-order valence-electron chi connectivity index (χ3n) is 4.49. The monoisotopic (exact) mass is 367 g/mol. The Labute approximate surface area is 149 Å². The van der Waals surface area contributed by atoms with E-state index in [1.807, 2.05) is 6.07 Å². The molecule has 25 heavy (non-hydrogen) atoms. The van der Waals surface area contributed by atoms with E-state index in [0.29, 0.717) is 37.4 Å². The lowest BCUT2D eigenvalue weighted by Gasteiger charge is -2.30. The number of carbonyl (C=O) groups excluding carboxylic acids is 1. The molecule has 7 heteroatoms. The molecule has 0 saturated carbocycles. The van der Waals surface area contributed by atoms with Crippen molar-refractivity contribution < 1.29 is 22.7 Å². The van der Waals surface area contributed by atoms with E-state index in [-0.39, 0.29) is 16.9 Å². The average Bonchev–Trinajstić information content (AvgIpc) is 2.65. The Hall–Kier alpha value is -2.02. The second-order valence-corrected chi connectivity index (χ2v) is 8.49. The number of sulfone groups is 1. The first-order valence-corrected chi connectivity index (χ1v) is 10.0. The molecule has 1 aliphatic heterocycles. The van der Waals surface area contributed by atoms with Gasteiger partial charge in [-0.05, 0) is 36.6 Å². The van der Waals surface area contributed by atoms with Crippen LogP contribution in [-0.4, -0.2) is 57.5 Å². The molecule has 138 valence electrons. The lowest BCUT2D eigenvalue weighted by atomic mass is 10.1. The van der Waals surface area contributed by atoms with E-state index in [1.54, 1.807) is 44.3 Å². The van der Waals surface area contributed by atoms with E-state index in [2.05, 4.69) is 0 Å². The lowest BCUT2D eigenvalue weighted by Crippen LogP contribution is -2.42. The minimum Gasteiger partial charge on any atom is -0.493 e. The molecule has 2 rings (SSSR count). The minimum atomic E-state index is -3.02. The van der Waals surface area contributed by atoms with E-state index in [1.165, 1.54) is 6.08 Å². The second-order valence-electron chi connectivity index (χ2n) is 5.92. The number of piperidine rings is 1. The fourth-order valence-electron chi connectivity index (χ4n) is 2.90. The zero-order valence-corrected chi connectivity index (χ0v) is 15.7.